The first-order valence-electron chi connectivity index (χ1n) is 8.46. The van der Waals surface area contributed by atoms with Crippen molar-refractivity contribution in [2.75, 3.05) is 13.7 Å². The van der Waals surface area contributed by atoms with Crippen LogP contribution < -0.4 is 0 Å². The smallest absolute Gasteiger partial charge is 0.251 e. The molecule has 0 fully saturated rings. The van der Waals surface area contributed by atoms with Gasteiger partial charge in [0.2, 0.25) is 0 Å². The number of hydrogen-bond donors (Lipinski definition) is 1. The topological polar surface area (TPSA) is 49.8 Å². The van der Waals surface area contributed by atoms with Gasteiger partial charge in [0.1, 0.15) is 5.76 Å². The van der Waals surface area contributed by atoms with Crippen LogP contribution in [0.1, 0.15) is 50.6 Å². The molecule has 1 N–H and O–H groups in total. The first-order chi connectivity index (χ1) is 11.2. The SMILES string of the molecule is CCCCCC[C@H]1C(OC)=CC(=O)N1[C@H](CO)c1ccccc1. The summed E-state index contributed by atoms with van der Waals surface area (Å²) in [5.74, 6) is 0.631. The second-order valence-corrected chi connectivity index (χ2v) is 5.97. The first-order valence-corrected chi connectivity index (χ1v) is 8.46. The largest absolute Gasteiger partial charge is 0.499 e. The molecule has 4 heteroatoms. The number of rotatable bonds is 9. The number of hydrogen-bond acceptors (Lipinski definition) is 3. The standard InChI is InChI=1S/C19H27NO3/c1-3-4-5-9-12-16-18(23-2)13-19(22)20(16)17(14-21)15-10-7-6-8-11-15/h6-8,10-11,13,16-17,21H,3-5,9,12,14H2,1-2H3/t16-,17+/m0/s1. The van der Waals surface area contributed by atoms with E-state index in [0.717, 1.165) is 24.8 Å². The second-order valence-electron chi connectivity index (χ2n) is 5.97. The highest BCUT2D eigenvalue weighted by atomic mass is 16.5. The number of methoxy groups -OCH3 is 1. The van der Waals surface area contributed by atoms with E-state index in [9.17, 15) is 9.90 Å². The molecule has 2 rings (SSSR count). The molecule has 0 spiro atoms. The van der Waals surface area contributed by atoms with Gasteiger partial charge in [-0.1, -0.05) is 62.9 Å². The fourth-order valence-corrected chi connectivity index (χ4v) is 3.22. The lowest BCUT2D eigenvalue weighted by molar-refractivity contribution is -0.130. The molecule has 1 amide bonds. The van der Waals surface area contributed by atoms with Gasteiger partial charge in [0.25, 0.3) is 5.91 Å². The normalized spacial score (nSPS) is 18.9. The van der Waals surface area contributed by atoms with Crippen molar-refractivity contribution in [2.24, 2.45) is 0 Å². The molecule has 0 unspecified atom stereocenters. The summed E-state index contributed by atoms with van der Waals surface area (Å²) in [4.78, 5) is 14.3. The molecule has 2 atom stereocenters. The van der Waals surface area contributed by atoms with Crippen LogP contribution in [0.25, 0.3) is 0 Å². The van der Waals surface area contributed by atoms with Gasteiger partial charge in [0, 0.05) is 6.08 Å². The molecule has 4 nitrogen and oxygen atoms in total. The highest BCUT2D eigenvalue weighted by Gasteiger charge is 2.38. The van der Waals surface area contributed by atoms with Crippen LogP contribution in [0.4, 0.5) is 0 Å². The Balaban J connectivity index is 2.17. The van der Waals surface area contributed by atoms with E-state index in [1.54, 1.807) is 18.1 Å². The third-order valence-electron chi connectivity index (χ3n) is 4.44. The number of amides is 1. The van der Waals surface area contributed by atoms with Crippen LogP contribution in [0.15, 0.2) is 42.2 Å². The Bertz CT molecular complexity index is 527. The van der Waals surface area contributed by atoms with E-state index in [2.05, 4.69) is 6.92 Å². The van der Waals surface area contributed by atoms with Crippen LogP contribution in [0.3, 0.4) is 0 Å². The molecule has 23 heavy (non-hydrogen) atoms. The number of nitrogens with zero attached hydrogens (tertiary/aromatic N) is 1. The van der Waals surface area contributed by atoms with E-state index >= 15 is 0 Å². The van der Waals surface area contributed by atoms with Crippen LogP contribution in [-0.4, -0.2) is 35.7 Å². The maximum atomic E-state index is 12.5. The summed E-state index contributed by atoms with van der Waals surface area (Å²) < 4.78 is 5.43. The molecule has 1 heterocycles. The zero-order valence-corrected chi connectivity index (χ0v) is 14.1. The zero-order valence-electron chi connectivity index (χ0n) is 14.1. The van der Waals surface area contributed by atoms with Crippen LogP contribution in [0, 0.1) is 0 Å². The lowest BCUT2D eigenvalue weighted by Gasteiger charge is -2.33. The van der Waals surface area contributed by atoms with Crippen molar-refractivity contribution < 1.29 is 14.6 Å². The Labute approximate surface area is 138 Å². The highest BCUT2D eigenvalue weighted by Crippen LogP contribution is 2.33. The average Bonchev–Trinajstić information content (AvgIpc) is 2.90. The van der Waals surface area contributed by atoms with Crippen molar-refractivity contribution in [3.8, 4) is 0 Å². The maximum absolute atomic E-state index is 12.5. The summed E-state index contributed by atoms with van der Waals surface area (Å²) in [6, 6.07) is 9.29. The van der Waals surface area contributed by atoms with Gasteiger partial charge in [-0.2, -0.15) is 0 Å². The number of aliphatic hydroxyl groups is 1. The third-order valence-corrected chi connectivity index (χ3v) is 4.44. The second kappa shape index (κ2) is 8.73. The van der Waals surface area contributed by atoms with Gasteiger partial charge in [-0.3, -0.25) is 4.79 Å². The summed E-state index contributed by atoms with van der Waals surface area (Å²) in [5, 5.41) is 9.89. The molecular formula is C19H27NO3. The molecule has 0 aromatic heterocycles. The fraction of sp³-hybridized carbons (Fsp3) is 0.526. The van der Waals surface area contributed by atoms with Crippen LogP contribution >= 0.6 is 0 Å². The Hall–Kier alpha value is -1.81. The summed E-state index contributed by atoms with van der Waals surface area (Å²) >= 11 is 0. The Morgan fingerprint density at radius 1 is 1.22 bits per heavy atom. The lowest BCUT2D eigenvalue weighted by Crippen LogP contribution is -2.40. The number of aliphatic hydroxyl groups excluding tert-OH is 1. The molecular weight excluding hydrogens is 290 g/mol. The van der Waals surface area contributed by atoms with Crippen LogP contribution in [0.5, 0.6) is 0 Å². The number of ether oxygens (including phenoxy) is 1. The van der Waals surface area contributed by atoms with E-state index in [-0.39, 0.29) is 24.6 Å². The molecule has 126 valence electrons. The lowest BCUT2D eigenvalue weighted by atomic mass is 10.0. The third kappa shape index (κ3) is 4.14. The van der Waals surface area contributed by atoms with E-state index in [1.165, 1.54) is 12.8 Å². The maximum Gasteiger partial charge on any atom is 0.251 e. The van der Waals surface area contributed by atoms with E-state index in [1.807, 2.05) is 30.3 Å². The van der Waals surface area contributed by atoms with Crippen LogP contribution in [0.2, 0.25) is 0 Å². The molecule has 0 aliphatic carbocycles. The molecule has 1 aromatic rings. The van der Waals surface area contributed by atoms with Gasteiger partial charge in [-0.05, 0) is 12.0 Å². The molecule has 0 bridgehead atoms. The number of carbonyl (C=O) groups excluding carboxylic acids is 1. The van der Waals surface area contributed by atoms with Crippen molar-refractivity contribution in [3.05, 3.63) is 47.7 Å². The Morgan fingerprint density at radius 2 is 1.96 bits per heavy atom. The molecule has 1 aliphatic rings. The molecule has 0 saturated carbocycles. The number of unbranched alkanes of at least 4 members (excludes halogenated alkanes) is 3. The van der Waals surface area contributed by atoms with Crippen molar-refractivity contribution in [1.82, 2.24) is 4.90 Å². The summed E-state index contributed by atoms with van der Waals surface area (Å²) in [6.45, 7) is 2.09. The monoisotopic (exact) mass is 317 g/mol. The van der Waals surface area contributed by atoms with Crippen LogP contribution in [-0.2, 0) is 9.53 Å². The van der Waals surface area contributed by atoms with Gasteiger partial charge in [-0.25, -0.2) is 0 Å². The van der Waals surface area contributed by atoms with Gasteiger partial charge >= 0.3 is 0 Å². The van der Waals surface area contributed by atoms with Crippen molar-refractivity contribution in [3.63, 3.8) is 0 Å². The van der Waals surface area contributed by atoms with E-state index < -0.39 is 0 Å². The molecule has 0 saturated heterocycles. The fourth-order valence-electron chi connectivity index (χ4n) is 3.22. The zero-order chi connectivity index (χ0) is 16.7. The van der Waals surface area contributed by atoms with Crippen molar-refractivity contribution in [2.45, 2.75) is 51.1 Å². The number of benzene rings is 1. The van der Waals surface area contributed by atoms with Gasteiger partial charge in [-0.15, -0.1) is 0 Å². The minimum atomic E-state index is -0.330. The van der Waals surface area contributed by atoms with Gasteiger partial charge < -0.3 is 14.7 Å². The highest BCUT2D eigenvalue weighted by molar-refractivity contribution is 5.91. The Kier molecular flexibility index (Phi) is 6.66. The first kappa shape index (κ1) is 17.5. The van der Waals surface area contributed by atoms with Gasteiger partial charge in [0.05, 0.1) is 25.8 Å². The summed E-state index contributed by atoms with van der Waals surface area (Å²) in [7, 11) is 1.61. The minimum absolute atomic E-state index is 0.0785. The Morgan fingerprint density at radius 3 is 2.57 bits per heavy atom. The average molecular weight is 317 g/mol. The van der Waals surface area contributed by atoms with Crippen molar-refractivity contribution in [1.29, 1.82) is 0 Å². The predicted molar refractivity (Wildman–Crippen MR) is 90.8 cm³/mol. The summed E-state index contributed by atoms with van der Waals surface area (Å²) in [6.07, 6.45) is 7.03. The number of carbonyl (C=O) groups is 1. The molecule has 1 aliphatic heterocycles. The van der Waals surface area contributed by atoms with E-state index in [0.29, 0.717) is 5.76 Å². The minimum Gasteiger partial charge on any atom is -0.499 e. The summed E-state index contributed by atoms with van der Waals surface area (Å²) in [5.41, 5.74) is 0.952. The van der Waals surface area contributed by atoms with Crippen molar-refractivity contribution >= 4 is 5.91 Å². The van der Waals surface area contributed by atoms with Gasteiger partial charge in [0.15, 0.2) is 0 Å². The predicted octanol–water partition coefficient (Wildman–Crippen LogP) is 3.43. The molecule has 0 radical (unpaired) electrons. The van der Waals surface area contributed by atoms with E-state index in [4.69, 9.17) is 4.74 Å². The molecule has 1 aromatic carbocycles. The quantitative estimate of drug-likeness (QED) is 0.710.